The van der Waals surface area contributed by atoms with Gasteiger partial charge in [0.1, 0.15) is 5.75 Å². The molecule has 0 saturated heterocycles. The van der Waals surface area contributed by atoms with E-state index in [1.165, 1.54) is 5.56 Å². The Balaban J connectivity index is 2.13. The SMILES string of the molecule is Cc1cccc(NCc2ccccc2O)c1Br. The molecule has 0 bridgehead atoms. The van der Waals surface area contributed by atoms with Gasteiger partial charge in [0.2, 0.25) is 0 Å². The molecule has 0 fully saturated rings. The third-order valence-electron chi connectivity index (χ3n) is 2.65. The summed E-state index contributed by atoms with van der Waals surface area (Å²) in [5.74, 6) is 0.323. The molecule has 88 valence electrons. The highest BCUT2D eigenvalue weighted by molar-refractivity contribution is 9.10. The Morgan fingerprint density at radius 3 is 2.65 bits per heavy atom. The smallest absolute Gasteiger partial charge is 0.120 e. The van der Waals surface area contributed by atoms with E-state index in [9.17, 15) is 5.11 Å². The third kappa shape index (κ3) is 2.80. The maximum Gasteiger partial charge on any atom is 0.120 e. The Hall–Kier alpha value is -1.48. The van der Waals surface area contributed by atoms with Crippen LogP contribution in [0, 0.1) is 6.92 Å². The fourth-order valence-electron chi connectivity index (χ4n) is 1.63. The second-order valence-electron chi connectivity index (χ2n) is 3.92. The summed E-state index contributed by atoms with van der Waals surface area (Å²) < 4.78 is 1.07. The van der Waals surface area contributed by atoms with E-state index in [2.05, 4.69) is 34.2 Å². The van der Waals surface area contributed by atoms with Crippen LogP contribution >= 0.6 is 15.9 Å². The summed E-state index contributed by atoms with van der Waals surface area (Å²) in [6.45, 7) is 2.66. The van der Waals surface area contributed by atoms with Crippen LogP contribution in [0.4, 0.5) is 5.69 Å². The summed E-state index contributed by atoms with van der Waals surface area (Å²) in [7, 11) is 0. The molecule has 2 aromatic rings. The minimum atomic E-state index is 0.323. The third-order valence-corrected chi connectivity index (χ3v) is 3.71. The molecule has 0 aliphatic heterocycles. The van der Waals surface area contributed by atoms with Crippen LogP contribution < -0.4 is 5.32 Å². The molecule has 2 nitrogen and oxygen atoms in total. The zero-order valence-electron chi connectivity index (χ0n) is 9.57. The topological polar surface area (TPSA) is 32.3 Å². The van der Waals surface area contributed by atoms with Gasteiger partial charge in [0.25, 0.3) is 0 Å². The Kier molecular flexibility index (Phi) is 3.69. The lowest BCUT2D eigenvalue weighted by Crippen LogP contribution is -2.00. The van der Waals surface area contributed by atoms with E-state index < -0.39 is 0 Å². The average molecular weight is 292 g/mol. The van der Waals surface area contributed by atoms with E-state index in [0.29, 0.717) is 12.3 Å². The van der Waals surface area contributed by atoms with Gasteiger partial charge in [-0.05, 0) is 40.5 Å². The predicted octanol–water partition coefficient (Wildman–Crippen LogP) is 4.08. The van der Waals surface area contributed by atoms with Crippen LogP contribution in [0.15, 0.2) is 46.9 Å². The second kappa shape index (κ2) is 5.23. The van der Waals surface area contributed by atoms with E-state index >= 15 is 0 Å². The first kappa shape index (κ1) is 12.0. The first-order valence-electron chi connectivity index (χ1n) is 5.44. The number of anilines is 1. The van der Waals surface area contributed by atoms with Crippen LogP contribution in [-0.2, 0) is 6.54 Å². The molecule has 0 radical (unpaired) electrons. The van der Waals surface area contributed by atoms with E-state index in [1.54, 1.807) is 6.07 Å². The maximum atomic E-state index is 9.66. The van der Waals surface area contributed by atoms with E-state index in [0.717, 1.165) is 15.7 Å². The number of aryl methyl sites for hydroxylation is 1. The molecule has 0 aliphatic carbocycles. The zero-order chi connectivity index (χ0) is 12.3. The highest BCUT2D eigenvalue weighted by Crippen LogP contribution is 2.27. The Morgan fingerprint density at radius 1 is 1.12 bits per heavy atom. The molecule has 2 aromatic carbocycles. The van der Waals surface area contributed by atoms with Gasteiger partial charge in [0, 0.05) is 22.3 Å². The lowest BCUT2D eigenvalue weighted by atomic mass is 10.2. The van der Waals surface area contributed by atoms with E-state index in [-0.39, 0.29) is 0 Å². The van der Waals surface area contributed by atoms with Crippen LogP contribution in [0.1, 0.15) is 11.1 Å². The van der Waals surface area contributed by atoms with Gasteiger partial charge < -0.3 is 10.4 Å². The number of halogens is 1. The number of para-hydroxylation sites is 1. The van der Waals surface area contributed by atoms with Crippen LogP contribution in [0.2, 0.25) is 0 Å². The summed E-state index contributed by atoms with van der Waals surface area (Å²) in [6, 6.07) is 13.4. The number of benzene rings is 2. The summed E-state index contributed by atoms with van der Waals surface area (Å²) in [5, 5.41) is 13.0. The number of phenols is 1. The highest BCUT2D eigenvalue weighted by atomic mass is 79.9. The van der Waals surface area contributed by atoms with Crippen molar-refractivity contribution in [1.29, 1.82) is 0 Å². The number of nitrogens with one attached hydrogen (secondary N) is 1. The van der Waals surface area contributed by atoms with Crippen LogP contribution in [0.5, 0.6) is 5.75 Å². The minimum absolute atomic E-state index is 0.323. The van der Waals surface area contributed by atoms with Crippen molar-refractivity contribution in [2.24, 2.45) is 0 Å². The van der Waals surface area contributed by atoms with E-state index in [1.807, 2.05) is 30.3 Å². The maximum absolute atomic E-state index is 9.66. The molecule has 0 saturated carbocycles. The fourth-order valence-corrected chi connectivity index (χ4v) is 2.04. The second-order valence-corrected chi connectivity index (χ2v) is 4.71. The molecule has 0 heterocycles. The van der Waals surface area contributed by atoms with Gasteiger partial charge in [0.05, 0.1) is 0 Å². The van der Waals surface area contributed by atoms with Crippen molar-refractivity contribution in [3.05, 3.63) is 58.1 Å². The molecule has 17 heavy (non-hydrogen) atoms. The molecule has 0 aliphatic rings. The molecule has 2 N–H and O–H groups in total. The van der Waals surface area contributed by atoms with E-state index in [4.69, 9.17) is 0 Å². The van der Waals surface area contributed by atoms with Crippen LogP contribution in [-0.4, -0.2) is 5.11 Å². The van der Waals surface area contributed by atoms with Gasteiger partial charge in [-0.2, -0.15) is 0 Å². The summed E-state index contributed by atoms with van der Waals surface area (Å²) >= 11 is 3.55. The summed E-state index contributed by atoms with van der Waals surface area (Å²) in [5.41, 5.74) is 3.11. The van der Waals surface area contributed by atoms with Gasteiger partial charge in [-0.3, -0.25) is 0 Å². The minimum Gasteiger partial charge on any atom is -0.508 e. The molecule has 0 atom stereocenters. The van der Waals surface area contributed by atoms with Crippen LogP contribution in [0.3, 0.4) is 0 Å². The molecule has 0 unspecified atom stereocenters. The number of rotatable bonds is 3. The summed E-state index contributed by atoms with van der Waals surface area (Å²) in [6.07, 6.45) is 0. The molecule has 0 spiro atoms. The van der Waals surface area contributed by atoms with Crippen molar-refractivity contribution in [2.75, 3.05) is 5.32 Å². The van der Waals surface area contributed by atoms with Crippen molar-refractivity contribution >= 4 is 21.6 Å². The van der Waals surface area contributed by atoms with Crippen LogP contribution in [0.25, 0.3) is 0 Å². The number of aromatic hydroxyl groups is 1. The largest absolute Gasteiger partial charge is 0.508 e. The monoisotopic (exact) mass is 291 g/mol. The average Bonchev–Trinajstić information content (AvgIpc) is 2.33. The zero-order valence-corrected chi connectivity index (χ0v) is 11.2. The molecule has 0 aromatic heterocycles. The first-order valence-corrected chi connectivity index (χ1v) is 6.23. The van der Waals surface area contributed by atoms with Crippen molar-refractivity contribution < 1.29 is 5.11 Å². The molecular weight excluding hydrogens is 278 g/mol. The van der Waals surface area contributed by atoms with Gasteiger partial charge in [-0.25, -0.2) is 0 Å². The normalized spacial score (nSPS) is 10.2. The lowest BCUT2D eigenvalue weighted by molar-refractivity contribution is 0.469. The molecular formula is C14H14BrNO. The standard InChI is InChI=1S/C14H14BrNO/c1-10-5-4-7-12(14(10)15)16-9-11-6-2-3-8-13(11)17/h2-8,16-17H,9H2,1H3. The molecule has 2 rings (SSSR count). The van der Waals surface area contributed by atoms with Gasteiger partial charge in [0.15, 0.2) is 0 Å². The molecule has 3 heteroatoms. The predicted molar refractivity (Wildman–Crippen MR) is 74.3 cm³/mol. The van der Waals surface area contributed by atoms with Gasteiger partial charge in [-0.1, -0.05) is 30.3 Å². The first-order chi connectivity index (χ1) is 8.18. The van der Waals surface area contributed by atoms with Gasteiger partial charge >= 0.3 is 0 Å². The fraction of sp³-hybridized carbons (Fsp3) is 0.143. The van der Waals surface area contributed by atoms with Crippen molar-refractivity contribution in [3.8, 4) is 5.75 Å². The summed E-state index contributed by atoms with van der Waals surface area (Å²) in [4.78, 5) is 0. The Bertz CT molecular complexity index is 525. The Labute approximate surface area is 109 Å². The van der Waals surface area contributed by atoms with Gasteiger partial charge in [-0.15, -0.1) is 0 Å². The van der Waals surface area contributed by atoms with Crippen molar-refractivity contribution in [1.82, 2.24) is 0 Å². The lowest BCUT2D eigenvalue weighted by Gasteiger charge is -2.11. The molecule has 0 amide bonds. The number of hydrogen-bond donors (Lipinski definition) is 2. The van der Waals surface area contributed by atoms with Crippen molar-refractivity contribution in [3.63, 3.8) is 0 Å². The Morgan fingerprint density at radius 2 is 1.88 bits per heavy atom. The number of phenolic OH excluding ortho intramolecular Hbond substituents is 1. The van der Waals surface area contributed by atoms with Crippen molar-refractivity contribution in [2.45, 2.75) is 13.5 Å². The quantitative estimate of drug-likeness (QED) is 0.893. The number of hydrogen-bond acceptors (Lipinski definition) is 2. The highest BCUT2D eigenvalue weighted by Gasteiger charge is 2.03.